The molecule has 0 saturated carbocycles. The second-order valence-corrected chi connectivity index (χ2v) is 11.9. The molecular formula is C31H37F3N8O2. The first kappa shape index (κ1) is 31.2. The van der Waals surface area contributed by atoms with Gasteiger partial charge in [-0.2, -0.15) is 13.2 Å². The summed E-state index contributed by atoms with van der Waals surface area (Å²) in [6.45, 7) is 7.90. The third-order valence-corrected chi connectivity index (χ3v) is 8.44. The molecule has 0 aliphatic carbocycles. The van der Waals surface area contributed by atoms with E-state index < -0.39 is 23.7 Å². The first-order valence-electron chi connectivity index (χ1n) is 14.7. The number of pyridine rings is 1. The lowest BCUT2D eigenvalue weighted by Gasteiger charge is -2.45. The number of anilines is 1. The SMILES string of the molecule is CC(C)N1CC(C(=O)N2CCCC(CN3C=CN=C(N)C3C(=N)c3ccc(C(=O)Nc4cc(C(F)(F)F)ccn4)cc3)C2)C1. The number of aromatic nitrogens is 1. The standard InChI is InChI=1S/C31H37F3N8O2/c1-19(2)42-17-23(18-42)30(44)41-12-3-4-20(16-41)15-40-13-11-38-28(36)27(40)26(35)21-5-7-22(8-6-21)29(43)39-25-14-24(9-10-37-25)31(32,33)34/h5-11,13-14,19-20,23,27,35H,3-4,12,15-18H2,1-2H3,(H2,36,38)(H,37,39,43). The van der Waals surface area contributed by atoms with Gasteiger partial charge in [0.15, 0.2) is 0 Å². The highest BCUT2D eigenvalue weighted by molar-refractivity contribution is 6.16. The molecule has 2 atom stereocenters. The molecule has 5 rings (SSSR count). The van der Waals surface area contributed by atoms with Crippen molar-refractivity contribution in [2.45, 2.75) is 44.9 Å². The Hall–Kier alpha value is -4.26. The molecule has 3 aliphatic rings. The molecule has 2 aromatic rings. The lowest BCUT2D eigenvalue weighted by atomic mass is 9.91. The summed E-state index contributed by atoms with van der Waals surface area (Å²) in [5, 5.41) is 11.4. The van der Waals surface area contributed by atoms with Gasteiger partial charge in [-0.25, -0.2) is 9.98 Å². The number of hydrogen-bond acceptors (Lipinski definition) is 8. The van der Waals surface area contributed by atoms with E-state index in [0.29, 0.717) is 24.7 Å². The van der Waals surface area contributed by atoms with Crippen LogP contribution >= 0.6 is 0 Å². The van der Waals surface area contributed by atoms with Gasteiger partial charge in [0.2, 0.25) is 5.91 Å². The molecule has 3 aliphatic heterocycles. The van der Waals surface area contributed by atoms with Crippen molar-refractivity contribution in [3.05, 3.63) is 71.7 Å². The molecule has 2 fully saturated rings. The maximum atomic E-state index is 13.1. The molecule has 0 spiro atoms. The number of carbonyl (C=O) groups excluding carboxylic acids is 2. The number of aliphatic imine (C=N–C) groups is 1. The Labute approximate surface area is 254 Å². The van der Waals surface area contributed by atoms with Crippen molar-refractivity contribution in [2.24, 2.45) is 22.6 Å². The van der Waals surface area contributed by atoms with Gasteiger partial charge in [-0.1, -0.05) is 12.1 Å². The number of nitrogens with zero attached hydrogens (tertiary/aromatic N) is 5. The minimum absolute atomic E-state index is 0.0566. The summed E-state index contributed by atoms with van der Waals surface area (Å²) in [5.74, 6) is -0.102. The molecule has 1 aromatic heterocycles. The number of alkyl halides is 3. The van der Waals surface area contributed by atoms with Gasteiger partial charge in [0.25, 0.3) is 5.91 Å². The summed E-state index contributed by atoms with van der Waals surface area (Å²) in [4.78, 5) is 40.1. The minimum Gasteiger partial charge on any atom is -0.385 e. The second kappa shape index (κ2) is 12.8. The zero-order valence-corrected chi connectivity index (χ0v) is 24.7. The van der Waals surface area contributed by atoms with Gasteiger partial charge in [-0.3, -0.25) is 14.5 Å². The highest BCUT2D eigenvalue weighted by atomic mass is 19.4. The summed E-state index contributed by atoms with van der Waals surface area (Å²) in [6, 6.07) is 7.59. The Bertz CT molecular complexity index is 1450. The fraction of sp³-hybridized carbons (Fsp3) is 0.452. The molecule has 0 bridgehead atoms. The quantitative estimate of drug-likeness (QED) is 0.390. The van der Waals surface area contributed by atoms with Crippen LogP contribution < -0.4 is 11.1 Å². The molecule has 234 valence electrons. The van der Waals surface area contributed by atoms with Crippen molar-refractivity contribution in [3.63, 3.8) is 0 Å². The van der Waals surface area contributed by atoms with Crippen LogP contribution in [0.15, 0.2) is 60.0 Å². The normalized spacial score (nSPS) is 21.2. The molecule has 2 saturated heterocycles. The third kappa shape index (κ3) is 6.93. The first-order chi connectivity index (χ1) is 20.9. The Morgan fingerprint density at radius 3 is 2.50 bits per heavy atom. The fourth-order valence-corrected chi connectivity index (χ4v) is 5.90. The Kier molecular flexibility index (Phi) is 9.05. The summed E-state index contributed by atoms with van der Waals surface area (Å²) >= 11 is 0. The predicted octanol–water partition coefficient (Wildman–Crippen LogP) is 3.81. The lowest BCUT2D eigenvalue weighted by Crippen LogP contribution is -2.58. The summed E-state index contributed by atoms with van der Waals surface area (Å²) in [5.41, 5.74) is 6.28. The van der Waals surface area contributed by atoms with Crippen LogP contribution in [0.2, 0.25) is 0 Å². The Morgan fingerprint density at radius 1 is 1.11 bits per heavy atom. The summed E-state index contributed by atoms with van der Waals surface area (Å²) in [7, 11) is 0. The Balaban J connectivity index is 1.21. The molecule has 10 nitrogen and oxygen atoms in total. The van der Waals surface area contributed by atoms with Crippen LogP contribution in [-0.4, -0.2) is 87.9 Å². The zero-order valence-electron chi connectivity index (χ0n) is 24.7. The number of nitrogens with one attached hydrogen (secondary N) is 2. The highest BCUT2D eigenvalue weighted by Crippen LogP contribution is 2.30. The number of benzene rings is 1. The van der Waals surface area contributed by atoms with E-state index >= 15 is 0 Å². The van der Waals surface area contributed by atoms with Gasteiger partial charge in [-0.05, 0) is 62.4 Å². The molecule has 4 N–H and O–H groups in total. The number of amidine groups is 1. The largest absolute Gasteiger partial charge is 0.416 e. The summed E-state index contributed by atoms with van der Waals surface area (Å²) < 4.78 is 39.0. The average Bonchev–Trinajstić information content (AvgIpc) is 2.96. The van der Waals surface area contributed by atoms with Crippen LogP contribution in [0.4, 0.5) is 19.0 Å². The van der Waals surface area contributed by atoms with Crippen LogP contribution in [0.1, 0.15) is 48.2 Å². The smallest absolute Gasteiger partial charge is 0.385 e. The van der Waals surface area contributed by atoms with Gasteiger partial charge in [-0.15, -0.1) is 0 Å². The van der Waals surface area contributed by atoms with Gasteiger partial charge in [0.1, 0.15) is 17.7 Å². The molecule has 44 heavy (non-hydrogen) atoms. The van der Waals surface area contributed by atoms with E-state index in [0.717, 1.165) is 50.8 Å². The van der Waals surface area contributed by atoms with Crippen LogP contribution in [-0.2, 0) is 11.0 Å². The van der Waals surface area contributed by atoms with Gasteiger partial charge < -0.3 is 26.3 Å². The number of amides is 2. The second-order valence-electron chi connectivity index (χ2n) is 11.9. The van der Waals surface area contributed by atoms with E-state index in [2.05, 4.69) is 34.0 Å². The molecule has 0 radical (unpaired) electrons. The highest BCUT2D eigenvalue weighted by Gasteiger charge is 2.38. The maximum absolute atomic E-state index is 13.1. The molecule has 13 heteroatoms. The number of rotatable bonds is 8. The molecular weight excluding hydrogens is 573 g/mol. The first-order valence-corrected chi connectivity index (χ1v) is 14.7. The minimum atomic E-state index is -4.56. The molecule has 2 unspecified atom stereocenters. The van der Waals surface area contributed by atoms with E-state index in [-0.39, 0.29) is 40.7 Å². The van der Waals surface area contributed by atoms with Crippen LogP contribution in [0.3, 0.4) is 0 Å². The molecule has 1 aromatic carbocycles. The van der Waals surface area contributed by atoms with Gasteiger partial charge >= 0.3 is 6.18 Å². The monoisotopic (exact) mass is 610 g/mol. The van der Waals surface area contributed by atoms with Gasteiger partial charge in [0, 0.05) is 62.9 Å². The number of halogens is 3. The topological polar surface area (TPSA) is 131 Å². The number of likely N-dealkylation sites (tertiary alicyclic amines) is 2. The van der Waals surface area contributed by atoms with Gasteiger partial charge in [0.05, 0.1) is 17.2 Å². The maximum Gasteiger partial charge on any atom is 0.416 e. The van der Waals surface area contributed by atoms with Crippen molar-refractivity contribution >= 4 is 29.2 Å². The average molecular weight is 611 g/mol. The number of nitrogens with two attached hydrogens (primary N) is 1. The number of hydrogen-bond donors (Lipinski definition) is 3. The lowest BCUT2D eigenvalue weighted by molar-refractivity contribution is -0.144. The molecule has 2 amide bonds. The van der Waals surface area contributed by atoms with E-state index in [4.69, 9.17) is 11.1 Å². The van der Waals surface area contributed by atoms with Crippen molar-refractivity contribution < 1.29 is 22.8 Å². The van der Waals surface area contributed by atoms with Crippen molar-refractivity contribution in [2.75, 3.05) is 38.0 Å². The van der Waals surface area contributed by atoms with Crippen LogP contribution in [0.5, 0.6) is 0 Å². The third-order valence-electron chi connectivity index (χ3n) is 8.44. The Morgan fingerprint density at radius 2 is 1.82 bits per heavy atom. The summed E-state index contributed by atoms with van der Waals surface area (Å²) in [6.07, 6.45) is 1.72. The van der Waals surface area contributed by atoms with E-state index in [1.165, 1.54) is 12.1 Å². The van der Waals surface area contributed by atoms with E-state index in [1.54, 1.807) is 18.3 Å². The van der Waals surface area contributed by atoms with Crippen LogP contribution in [0.25, 0.3) is 0 Å². The van der Waals surface area contributed by atoms with E-state index in [1.807, 2.05) is 16.0 Å². The number of piperidine rings is 1. The number of carbonyl (C=O) groups is 2. The van der Waals surface area contributed by atoms with Crippen molar-refractivity contribution in [3.8, 4) is 0 Å². The van der Waals surface area contributed by atoms with Crippen molar-refractivity contribution in [1.29, 1.82) is 5.41 Å². The zero-order chi connectivity index (χ0) is 31.6. The van der Waals surface area contributed by atoms with E-state index in [9.17, 15) is 22.8 Å². The molecule has 4 heterocycles. The predicted molar refractivity (Wildman–Crippen MR) is 161 cm³/mol. The fourth-order valence-electron chi connectivity index (χ4n) is 5.90. The van der Waals surface area contributed by atoms with Crippen molar-refractivity contribution in [1.82, 2.24) is 19.7 Å². The van der Waals surface area contributed by atoms with Crippen LogP contribution in [0, 0.1) is 17.2 Å².